The molecule has 6 nitrogen and oxygen atoms in total. The van der Waals surface area contributed by atoms with Gasteiger partial charge in [-0.25, -0.2) is 16.8 Å². The number of ether oxygens (including phenoxy) is 1. The fourth-order valence-electron chi connectivity index (χ4n) is 7.78. The highest BCUT2D eigenvalue weighted by Crippen LogP contribution is 2.60. The molecule has 1 unspecified atom stereocenters. The summed E-state index contributed by atoms with van der Waals surface area (Å²) in [5.41, 5.74) is -13.4. The monoisotopic (exact) mass is 763 g/mol. The number of rotatable bonds is 9. The molecular formula is C35H37F6O6S3+. The Morgan fingerprint density at radius 2 is 1.00 bits per heavy atom. The van der Waals surface area contributed by atoms with Gasteiger partial charge in [-0.15, -0.1) is 0 Å². The first-order chi connectivity index (χ1) is 23.3. The van der Waals surface area contributed by atoms with Gasteiger partial charge in [-0.05, 0) is 99.6 Å². The molecule has 3 aromatic rings. The lowest BCUT2D eigenvalue weighted by Gasteiger charge is -2.55. The van der Waals surface area contributed by atoms with Crippen molar-refractivity contribution in [2.45, 2.75) is 88.3 Å². The third-order valence-electron chi connectivity index (χ3n) is 9.58. The van der Waals surface area contributed by atoms with Crippen LogP contribution in [0.5, 0.6) is 0 Å². The summed E-state index contributed by atoms with van der Waals surface area (Å²) in [5.74, 6) is 0.0564. The first kappa shape index (κ1) is 38.2. The summed E-state index contributed by atoms with van der Waals surface area (Å²) in [6, 6.07) is 32.2. The van der Waals surface area contributed by atoms with E-state index in [-0.39, 0.29) is 28.6 Å². The van der Waals surface area contributed by atoms with Crippen LogP contribution in [0.2, 0.25) is 0 Å². The number of sulfone groups is 2. The number of hydrogen-bond acceptors (Lipinski definition) is 6. The van der Waals surface area contributed by atoms with Crippen molar-refractivity contribution in [1.29, 1.82) is 0 Å². The Balaban J connectivity index is 0.000000217. The van der Waals surface area contributed by atoms with Crippen molar-refractivity contribution in [1.82, 2.24) is 0 Å². The molecule has 272 valence electrons. The summed E-state index contributed by atoms with van der Waals surface area (Å²) in [7, 11) is -13.5. The van der Waals surface area contributed by atoms with Crippen molar-refractivity contribution in [3.63, 3.8) is 0 Å². The van der Waals surface area contributed by atoms with Gasteiger partial charge in [0.1, 0.15) is 6.10 Å². The molecule has 4 aliphatic rings. The lowest BCUT2D eigenvalue weighted by atomic mass is 9.49. The van der Waals surface area contributed by atoms with Gasteiger partial charge in [-0.1, -0.05) is 54.6 Å². The average molecular weight is 764 g/mol. The van der Waals surface area contributed by atoms with E-state index in [4.69, 9.17) is 4.74 Å². The highest BCUT2D eigenvalue weighted by atomic mass is 32.3. The van der Waals surface area contributed by atoms with Crippen LogP contribution in [0.1, 0.15) is 51.9 Å². The summed E-state index contributed by atoms with van der Waals surface area (Å²) in [6.45, 7) is 0.892. The zero-order valence-electron chi connectivity index (χ0n) is 26.9. The van der Waals surface area contributed by atoms with Crippen molar-refractivity contribution in [3.05, 3.63) is 91.0 Å². The van der Waals surface area contributed by atoms with Crippen molar-refractivity contribution >= 4 is 36.5 Å². The number of halogens is 6. The molecule has 0 aliphatic heterocycles. The Morgan fingerprint density at radius 3 is 1.30 bits per heavy atom. The van der Waals surface area contributed by atoms with Crippen molar-refractivity contribution in [2.24, 2.45) is 23.2 Å². The van der Waals surface area contributed by atoms with Gasteiger partial charge < -0.3 is 4.74 Å². The summed E-state index contributed by atoms with van der Waals surface area (Å²) < 4.78 is 125. The van der Waals surface area contributed by atoms with Crippen LogP contribution in [0.3, 0.4) is 0 Å². The summed E-state index contributed by atoms with van der Waals surface area (Å²) in [6.07, 6.45) is 0.885. The molecule has 4 fully saturated rings. The van der Waals surface area contributed by atoms with Gasteiger partial charge >= 0.3 is 17.0 Å². The molecule has 0 amide bonds. The minimum atomic E-state index is -6.75. The van der Waals surface area contributed by atoms with Crippen LogP contribution < -0.4 is 0 Å². The van der Waals surface area contributed by atoms with E-state index in [0.29, 0.717) is 19.3 Å². The van der Waals surface area contributed by atoms with E-state index in [1.54, 1.807) is 0 Å². The van der Waals surface area contributed by atoms with Crippen LogP contribution in [0.4, 0.5) is 26.3 Å². The molecule has 4 bridgehead atoms. The molecule has 0 radical (unpaired) electrons. The topological polar surface area (TPSA) is 94.6 Å². The lowest BCUT2D eigenvalue weighted by Crippen LogP contribution is -2.51. The van der Waals surface area contributed by atoms with E-state index < -0.39 is 59.2 Å². The molecular weight excluding hydrogens is 727 g/mol. The van der Waals surface area contributed by atoms with E-state index in [9.17, 15) is 48.0 Å². The lowest BCUT2D eigenvalue weighted by molar-refractivity contribution is -0.176. The van der Waals surface area contributed by atoms with Crippen LogP contribution in [0.15, 0.2) is 106 Å². The number of benzene rings is 3. The van der Waals surface area contributed by atoms with E-state index in [1.165, 1.54) is 14.7 Å². The molecule has 0 heterocycles. The Labute approximate surface area is 290 Å². The molecule has 50 heavy (non-hydrogen) atoms. The molecule has 0 spiro atoms. The standard InChI is InChI=1S/C18H15S.C17H22F6O6S2/c1-4-10-16(11-5-1)19(17-12-6-2-7-13-17)18-14-8-3-9-15-18;1-9(2-13(30(25,26)16(18,19)20)31(27,28)17(21,22)23)29-14(24)15-6-10-3-11(7-15)5-12(4-10)8-15/h1-15H;9-13H,2-8H2,1H3/q+1;. The third-order valence-corrected chi connectivity index (χ3v) is 16.4. The normalized spacial score (nSPS) is 24.1. The fourth-order valence-corrected chi connectivity index (χ4v) is 13.5. The zero-order valence-corrected chi connectivity index (χ0v) is 29.4. The van der Waals surface area contributed by atoms with Crippen molar-refractivity contribution in [2.75, 3.05) is 0 Å². The number of alkyl halides is 6. The zero-order chi connectivity index (χ0) is 36.5. The van der Waals surface area contributed by atoms with Crippen LogP contribution in [0.25, 0.3) is 0 Å². The van der Waals surface area contributed by atoms with Crippen molar-refractivity contribution < 1.29 is 52.7 Å². The molecule has 4 aliphatic carbocycles. The average Bonchev–Trinajstić information content (AvgIpc) is 3.04. The first-order valence-electron chi connectivity index (χ1n) is 16.0. The van der Waals surface area contributed by atoms with Crippen molar-refractivity contribution in [3.8, 4) is 0 Å². The molecule has 15 heteroatoms. The SMILES string of the molecule is CC(CC(S(=O)(=O)C(F)(F)F)S(=O)(=O)C(F)(F)F)OC(=O)C12CC3CC(CC(C3)C1)C2.c1ccc([S+](c2ccccc2)c2ccccc2)cc1. The third kappa shape index (κ3) is 8.04. The highest BCUT2D eigenvalue weighted by Gasteiger charge is 2.63. The van der Waals surface area contributed by atoms with Gasteiger partial charge in [0, 0.05) is 6.42 Å². The van der Waals surface area contributed by atoms with Gasteiger partial charge in [0.15, 0.2) is 19.3 Å². The second-order valence-corrected chi connectivity index (χ2v) is 19.9. The maximum Gasteiger partial charge on any atom is 0.498 e. The molecule has 1 atom stereocenters. The van der Waals surface area contributed by atoms with E-state index in [0.717, 1.165) is 26.2 Å². The summed E-state index contributed by atoms with van der Waals surface area (Å²) in [5, 5.41) is 0. The first-order valence-corrected chi connectivity index (χ1v) is 20.4. The maximum absolute atomic E-state index is 12.9. The minimum Gasteiger partial charge on any atom is -0.462 e. The molecule has 7 rings (SSSR count). The van der Waals surface area contributed by atoms with E-state index in [1.807, 2.05) is 0 Å². The molecule has 4 saturated carbocycles. The highest BCUT2D eigenvalue weighted by molar-refractivity contribution is 8.09. The van der Waals surface area contributed by atoms with Crippen LogP contribution in [-0.2, 0) is 40.1 Å². The molecule has 0 aromatic heterocycles. The summed E-state index contributed by atoms with van der Waals surface area (Å²) in [4.78, 5) is 16.9. The number of carbonyl (C=O) groups is 1. The minimum absolute atomic E-state index is 0.0146. The largest absolute Gasteiger partial charge is 0.498 e. The van der Waals surface area contributed by atoms with Gasteiger partial charge in [-0.2, -0.15) is 26.3 Å². The van der Waals surface area contributed by atoms with E-state index >= 15 is 0 Å². The van der Waals surface area contributed by atoms with Gasteiger partial charge in [0.2, 0.25) is 0 Å². The predicted molar refractivity (Wildman–Crippen MR) is 176 cm³/mol. The number of carbonyl (C=O) groups excluding carboxylic acids is 1. The van der Waals surface area contributed by atoms with Crippen LogP contribution >= 0.6 is 0 Å². The Morgan fingerprint density at radius 1 is 0.680 bits per heavy atom. The Kier molecular flexibility index (Phi) is 11.1. The molecule has 0 saturated heterocycles. The van der Waals surface area contributed by atoms with Gasteiger partial charge in [0.05, 0.1) is 16.3 Å². The smallest absolute Gasteiger partial charge is 0.462 e. The Hall–Kier alpha value is -3.04. The van der Waals surface area contributed by atoms with Crippen LogP contribution in [-0.4, -0.2) is 44.5 Å². The molecule has 3 aromatic carbocycles. The second-order valence-electron chi connectivity index (χ2n) is 13.3. The van der Waals surface area contributed by atoms with Crippen LogP contribution in [0, 0.1) is 23.2 Å². The molecule has 0 N–H and O–H groups in total. The predicted octanol–water partition coefficient (Wildman–Crippen LogP) is 8.50. The number of esters is 1. The van der Waals surface area contributed by atoms with E-state index in [2.05, 4.69) is 91.0 Å². The fraction of sp³-hybridized carbons (Fsp3) is 0.457. The van der Waals surface area contributed by atoms with Gasteiger partial charge in [-0.3, -0.25) is 4.79 Å². The maximum atomic E-state index is 12.9. The number of hydrogen-bond donors (Lipinski definition) is 0. The summed E-state index contributed by atoms with van der Waals surface area (Å²) >= 11 is 0. The second kappa shape index (κ2) is 14.5. The quantitative estimate of drug-likeness (QED) is 0.123. The van der Waals surface area contributed by atoms with Gasteiger partial charge in [0.25, 0.3) is 19.7 Å². The Bertz CT molecular complexity index is 1660.